The quantitative estimate of drug-likeness (QED) is 0.447. The van der Waals surface area contributed by atoms with E-state index < -0.39 is 0 Å². The van der Waals surface area contributed by atoms with Crippen LogP contribution in [0.1, 0.15) is 39.5 Å². The molecule has 0 amide bonds. The second-order valence-electron chi connectivity index (χ2n) is 2.57. The molecular formula is C8H20BCl2. The lowest BCUT2D eigenvalue weighted by molar-refractivity contribution is 0.851. The molecule has 0 aromatic rings. The zero-order valence-electron chi connectivity index (χ0n) is 7.64. The predicted molar refractivity (Wildman–Crippen MR) is 59.7 cm³/mol. The van der Waals surface area contributed by atoms with Gasteiger partial charge in [-0.15, -0.1) is 24.8 Å². The molecule has 0 unspecified atom stereocenters. The van der Waals surface area contributed by atoms with Crippen LogP contribution in [0, 0.1) is 0 Å². The fourth-order valence-electron chi connectivity index (χ4n) is 0.841. The van der Waals surface area contributed by atoms with E-state index in [1.807, 2.05) is 0 Å². The van der Waals surface area contributed by atoms with E-state index in [0.29, 0.717) is 0 Å². The van der Waals surface area contributed by atoms with Gasteiger partial charge in [0.2, 0.25) is 0 Å². The summed E-state index contributed by atoms with van der Waals surface area (Å²) in [7, 11) is 2.42. The van der Waals surface area contributed by atoms with Gasteiger partial charge in [-0.05, 0) is 0 Å². The summed E-state index contributed by atoms with van der Waals surface area (Å²) in [6.07, 6.45) is 8.09. The van der Waals surface area contributed by atoms with Gasteiger partial charge >= 0.3 is 0 Å². The van der Waals surface area contributed by atoms with Gasteiger partial charge in [0.1, 0.15) is 7.28 Å². The molecule has 0 aliphatic rings. The monoisotopic (exact) mass is 197 g/mol. The summed E-state index contributed by atoms with van der Waals surface area (Å²) in [5.74, 6) is 0. The second kappa shape index (κ2) is 16.9. The third kappa shape index (κ3) is 18.0. The smallest absolute Gasteiger partial charge is 0.109 e. The van der Waals surface area contributed by atoms with Crippen molar-refractivity contribution in [2.24, 2.45) is 0 Å². The summed E-state index contributed by atoms with van der Waals surface area (Å²) in [5.41, 5.74) is 0. The maximum absolute atomic E-state index is 2.42. The summed E-state index contributed by atoms with van der Waals surface area (Å²) < 4.78 is 0. The first-order valence-electron chi connectivity index (χ1n) is 4.23. The van der Waals surface area contributed by atoms with Gasteiger partial charge in [0.25, 0.3) is 0 Å². The molecule has 0 atom stereocenters. The molecule has 0 rings (SSSR count). The van der Waals surface area contributed by atoms with Crippen LogP contribution in [0.4, 0.5) is 0 Å². The third-order valence-electron chi connectivity index (χ3n) is 1.52. The zero-order chi connectivity index (χ0) is 6.95. The molecule has 0 aliphatic carbocycles. The maximum Gasteiger partial charge on any atom is 0.109 e. The highest BCUT2D eigenvalue weighted by Crippen LogP contribution is 1.99. The van der Waals surface area contributed by atoms with Crippen molar-refractivity contribution in [1.29, 1.82) is 0 Å². The number of unbranched alkanes of at least 4 members (excludes halogenated alkanes) is 2. The van der Waals surface area contributed by atoms with Crippen LogP contribution < -0.4 is 0 Å². The average Bonchev–Trinajstić information content (AvgIpc) is 1.89. The summed E-state index contributed by atoms with van der Waals surface area (Å²) in [5, 5.41) is 0. The van der Waals surface area contributed by atoms with Crippen molar-refractivity contribution in [2.75, 3.05) is 0 Å². The fraction of sp³-hybridized carbons (Fsp3) is 1.00. The molecule has 1 radical (unpaired) electrons. The Morgan fingerprint density at radius 2 is 1.18 bits per heavy atom. The highest BCUT2D eigenvalue weighted by atomic mass is 35.5. The largest absolute Gasteiger partial charge is 0.147 e. The molecule has 3 heteroatoms. The Kier molecular flexibility index (Phi) is 27.2. The van der Waals surface area contributed by atoms with Crippen LogP contribution in [-0.2, 0) is 0 Å². The lowest BCUT2D eigenvalue weighted by Crippen LogP contribution is -1.87. The van der Waals surface area contributed by atoms with Gasteiger partial charge < -0.3 is 0 Å². The number of hydrogen-bond donors (Lipinski definition) is 0. The highest BCUT2D eigenvalue weighted by molar-refractivity contribution is 6.35. The van der Waals surface area contributed by atoms with Crippen LogP contribution in [0.2, 0.25) is 12.6 Å². The lowest BCUT2D eigenvalue weighted by atomic mass is 9.68. The van der Waals surface area contributed by atoms with Crippen molar-refractivity contribution in [3.63, 3.8) is 0 Å². The Balaban J connectivity index is -0.000000320. The van der Waals surface area contributed by atoms with Crippen LogP contribution in [-0.4, -0.2) is 7.28 Å². The van der Waals surface area contributed by atoms with Crippen molar-refractivity contribution < 1.29 is 0 Å². The molecule has 0 aromatic carbocycles. The van der Waals surface area contributed by atoms with Gasteiger partial charge in [0.15, 0.2) is 0 Å². The molecule has 0 nitrogen and oxygen atoms in total. The van der Waals surface area contributed by atoms with E-state index in [1.165, 1.54) is 38.3 Å². The topological polar surface area (TPSA) is 0 Å². The van der Waals surface area contributed by atoms with Gasteiger partial charge in [0, 0.05) is 0 Å². The van der Waals surface area contributed by atoms with E-state index in [2.05, 4.69) is 21.1 Å². The molecule has 0 fully saturated rings. The van der Waals surface area contributed by atoms with Crippen LogP contribution >= 0.6 is 24.8 Å². The highest BCUT2D eigenvalue weighted by Gasteiger charge is 1.88. The molecule has 0 spiro atoms. The molecule has 0 bridgehead atoms. The van der Waals surface area contributed by atoms with E-state index in [0.717, 1.165) is 0 Å². The molecule has 0 saturated carbocycles. The molecule has 11 heavy (non-hydrogen) atoms. The van der Waals surface area contributed by atoms with Crippen molar-refractivity contribution in [3.8, 4) is 0 Å². The SMILES string of the molecule is CCCC[B]CCCC.Cl.Cl. The molecule has 69 valence electrons. The number of halogens is 2. The molecule has 0 aliphatic heterocycles. The predicted octanol–water partition coefficient (Wildman–Crippen LogP) is 3.97. The summed E-state index contributed by atoms with van der Waals surface area (Å²) in [6.45, 7) is 4.49. The van der Waals surface area contributed by atoms with Crippen molar-refractivity contribution in [1.82, 2.24) is 0 Å². The van der Waals surface area contributed by atoms with Crippen LogP contribution in [0.15, 0.2) is 0 Å². The van der Waals surface area contributed by atoms with E-state index in [1.54, 1.807) is 0 Å². The minimum atomic E-state index is 0. The van der Waals surface area contributed by atoms with Crippen LogP contribution in [0.25, 0.3) is 0 Å². The minimum absolute atomic E-state index is 0. The van der Waals surface area contributed by atoms with E-state index in [4.69, 9.17) is 0 Å². The summed E-state index contributed by atoms with van der Waals surface area (Å²) in [6, 6.07) is 0. The summed E-state index contributed by atoms with van der Waals surface area (Å²) in [4.78, 5) is 0. The van der Waals surface area contributed by atoms with Gasteiger partial charge in [0.05, 0.1) is 0 Å². The molecule has 0 N–H and O–H groups in total. The molecule has 0 aromatic heterocycles. The Morgan fingerprint density at radius 3 is 1.45 bits per heavy atom. The van der Waals surface area contributed by atoms with Gasteiger partial charge in [-0.3, -0.25) is 0 Å². The Hall–Kier alpha value is 0.645. The lowest BCUT2D eigenvalue weighted by Gasteiger charge is -1.94. The van der Waals surface area contributed by atoms with Crippen molar-refractivity contribution in [3.05, 3.63) is 0 Å². The number of hydrogen-bond acceptors (Lipinski definition) is 0. The number of rotatable bonds is 6. The molecule has 0 saturated heterocycles. The first-order valence-corrected chi connectivity index (χ1v) is 4.23. The normalized spacial score (nSPS) is 7.82. The van der Waals surface area contributed by atoms with E-state index in [-0.39, 0.29) is 24.8 Å². The first-order chi connectivity index (χ1) is 4.41. The second-order valence-corrected chi connectivity index (χ2v) is 2.57. The maximum atomic E-state index is 2.42. The van der Waals surface area contributed by atoms with Crippen LogP contribution in [0.3, 0.4) is 0 Å². The Bertz CT molecular complexity index is 45.4. The van der Waals surface area contributed by atoms with Crippen molar-refractivity contribution in [2.45, 2.75) is 52.2 Å². The Labute approximate surface area is 84.6 Å². The Morgan fingerprint density at radius 1 is 0.818 bits per heavy atom. The standard InChI is InChI=1S/C8H18B.2ClH/c1-3-5-7-9-8-6-4-2;;/h3-8H2,1-2H3;2*1H. The average molecular weight is 198 g/mol. The first kappa shape index (κ1) is 17.7. The zero-order valence-corrected chi connectivity index (χ0v) is 9.27. The molecule has 0 heterocycles. The fourth-order valence-corrected chi connectivity index (χ4v) is 0.841. The third-order valence-corrected chi connectivity index (χ3v) is 1.52. The van der Waals surface area contributed by atoms with Gasteiger partial charge in [-0.1, -0.05) is 52.2 Å². The molecular weight excluding hydrogens is 178 g/mol. The van der Waals surface area contributed by atoms with Gasteiger partial charge in [-0.2, -0.15) is 0 Å². The van der Waals surface area contributed by atoms with Gasteiger partial charge in [-0.25, -0.2) is 0 Å². The van der Waals surface area contributed by atoms with Crippen molar-refractivity contribution >= 4 is 32.1 Å². The van der Waals surface area contributed by atoms with E-state index in [9.17, 15) is 0 Å². The summed E-state index contributed by atoms with van der Waals surface area (Å²) >= 11 is 0. The van der Waals surface area contributed by atoms with Crippen LogP contribution in [0.5, 0.6) is 0 Å². The minimum Gasteiger partial charge on any atom is -0.147 e. The van der Waals surface area contributed by atoms with E-state index >= 15 is 0 Å².